The van der Waals surface area contributed by atoms with Crippen molar-refractivity contribution in [1.29, 1.82) is 0 Å². The molecule has 0 atom stereocenters. The zero-order chi connectivity index (χ0) is 13.7. The van der Waals surface area contributed by atoms with E-state index in [1.165, 1.54) is 0 Å². The zero-order valence-corrected chi connectivity index (χ0v) is 11.9. The van der Waals surface area contributed by atoms with Gasteiger partial charge in [0, 0.05) is 20.5 Å². The summed E-state index contributed by atoms with van der Waals surface area (Å²) in [6.07, 6.45) is 2.47. The van der Waals surface area contributed by atoms with Crippen molar-refractivity contribution in [1.82, 2.24) is 9.97 Å². The Morgan fingerprint density at radius 1 is 1.22 bits per heavy atom. The van der Waals surface area contributed by atoms with Crippen LogP contribution in [0.5, 0.6) is 0 Å². The molecule has 100 valence electrons. The van der Waals surface area contributed by atoms with Gasteiger partial charge in [0.15, 0.2) is 0 Å². The SMILES string of the molecule is CCCCC(=O)Nc1c(C)nc(N(C)C)nc1C. The second-order valence-electron chi connectivity index (χ2n) is 4.62. The van der Waals surface area contributed by atoms with Crippen molar-refractivity contribution >= 4 is 17.5 Å². The predicted molar refractivity (Wildman–Crippen MR) is 74.0 cm³/mol. The van der Waals surface area contributed by atoms with E-state index in [9.17, 15) is 4.79 Å². The Morgan fingerprint density at radius 3 is 2.22 bits per heavy atom. The first-order valence-corrected chi connectivity index (χ1v) is 6.28. The highest BCUT2D eigenvalue weighted by Gasteiger charge is 2.12. The second-order valence-corrected chi connectivity index (χ2v) is 4.62. The van der Waals surface area contributed by atoms with Gasteiger partial charge in [0.2, 0.25) is 11.9 Å². The molecule has 1 amide bonds. The third-order valence-electron chi connectivity index (χ3n) is 2.68. The molecule has 0 aliphatic rings. The third-order valence-corrected chi connectivity index (χ3v) is 2.68. The van der Waals surface area contributed by atoms with E-state index in [1.807, 2.05) is 32.8 Å². The largest absolute Gasteiger partial charge is 0.347 e. The lowest BCUT2D eigenvalue weighted by Crippen LogP contribution is -2.18. The fraction of sp³-hybridized carbons (Fsp3) is 0.615. The summed E-state index contributed by atoms with van der Waals surface area (Å²) in [6.45, 7) is 5.84. The van der Waals surface area contributed by atoms with Crippen LogP contribution in [0.1, 0.15) is 37.6 Å². The summed E-state index contributed by atoms with van der Waals surface area (Å²) in [5.74, 6) is 0.695. The van der Waals surface area contributed by atoms with Gasteiger partial charge in [-0.2, -0.15) is 0 Å². The van der Waals surface area contributed by atoms with E-state index in [-0.39, 0.29) is 5.91 Å². The highest BCUT2D eigenvalue weighted by atomic mass is 16.1. The molecule has 1 aromatic heterocycles. The highest BCUT2D eigenvalue weighted by Crippen LogP contribution is 2.19. The van der Waals surface area contributed by atoms with Gasteiger partial charge in [-0.25, -0.2) is 9.97 Å². The van der Waals surface area contributed by atoms with E-state index in [1.54, 1.807) is 0 Å². The molecule has 1 heterocycles. The van der Waals surface area contributed by atoms with Crippen LogP contribution in [0.15, 0.2) is 0 Å². The van der Waals surface area contributed by atoms with Gasteiger partial charge in [0.25, 0.3) is 0 Å². The Bertz CT molecular complexity index is 406. The van der Waals surface area contributed by atoms with Crippen LogP contribution in [-0.2, 0) is 4.79 Å². The molecule has 0 aromatic carbocycles. The molecular formula is C13H22N4O. The number of nitrogens with one attached hydrogen (secondary N) is 1. The quantitative estimate of drug-likeness (QED) is 0.871. The maximum absolute atomic E-state index is 11.7. The lowest BCUT2D eigenvalue weighted by Gasteiger charge is -2.15. The molecule has 0 bridgehead atoms. The van der Waals surface area contributed by atoms with Crippen molar-refractivity contribution in [2.75, 3.05) is 24.3 Å². The van der Waals surface area contributed by atoms with Gasteiger partial charge >= 0.3 is 0 Å². The smallest absolute Gasteiger partial charge is 0.225 e. The molecule has 0 saturated heterocycles. The normalized spacial score (nSPS) is 10.3. The van der Waals surface area contributed by atoms with Crippen molar-refractivity contribution in [2.45, 2.75) is 40.0 Å². The fourth-order valence-corrected chi connectivity index (χ4v) is 1.62. The van der Waals surface area contributed by atoms with Crippen molar-refractivity contribution < 1.29 is 4.79 Å². The molecule has 0 spiro atoms. The van der Waals surface area contributed by atoms with Gasteiger partial charge in [-0.3, -0.25) is 4.79 Å². The van der Waals surface area contributed by atoms with Crippen molar-refractivity contribution in [2.24, 2.45) is 0 Å². The van der Waals surface area contributed by atoms with E-state index in [0.717, 1.165) is 29.9 Å². The van der Waals surface area contributed by atoms with Gasteiger partial charge in [-0.15, -0.1) is 0 Å². The van der Waals surface area contributed by atoms with Crippen LogP contribution >= 0.6 is 0 Å². The van der Waals surface area contributed by atoms with E-state index in [4.69, 9.17) is 0 Å². The summed E-state index contributed by atoms with van der Waals surface area (Å²) >= 11 is 0. The number of carbonyl (C=O) groups excluding carboxylic acids is 1. The first kappa shape index (κ1) is 14.4. The molecule has 18 heavy (non-hydrogen) atoms. The molecule has 1 rings (SSSR count). The molecule has 0 fully saturated rings. The number of aryl methyl sites for hydroxylation is 2. The number of anilines is 2. The standard InChI is InChI=1S/C13H22N4O/c1-6-7-8-11(18)16-12-9(2)14-13(17(4)5)15-10(12)3/h6-8H2,1-5H3,(H,16,18). The summed E-state index contributed by atoms with van der Waals surface area (Å²) in [5.41, 5.74) is 2.34. The Balaban J connectivity index is 2.87. The summed E-state index contributed by atoms with van der Waals surface area (Å²) in [4.78, 5) is 22.3. The van der Waals surface area contributed by atoms with Crippen LogP contribution in [-0.4, -0.2) is 30.0 Å². The van der Waals surface area contributed by atoms with Crippen LogP contribution in [0.25, 0.3) is 0 Å². The zero-order valence-electron chi connectivity index (χ0n) is 11.9. The summed E-state index contributed by atoms with van der Waals surface area (Å²) in [5, 5.41) is 2.90. The maximum Gasteiger partial charge on any atom is 0.225 e. The first-order chi connectivity index (χ1) is 8.45. The van der Waals surface area contributed by atoms with E-state index < -0.39 is 0 Å². The van der Waals surface area contributed by atoms with E-state index >= 15 is 0 Å². The number of amides is 1. The predicted octanol–water partition coefficient (Wildman–Crippen LogP) is 2.29. The summed E-state index contributed by atoms with van der Waals surface area (Å²) < 4.78 is 0. The van der Waals surface area contributed by atoms with Crippen LogP contribution in [0.3, 0.4) is 0 Å². The van der Waals surface area contributed by atoms with Gasteiger partial charge in [-0.05, 0) is 20.3 Å². The number of aromatic nitrogens is 2. The molecule has 0 unspecified atom stereocenters. The molecule has 5 nitrogen and oxygen atoms in total. The van der Waals surface area contributed by atoms with E-state index in [2.05, 4.69) is 22.2 Å². The second kappa shape index (κ2) is 6.33. The Kier molecular flexibility index (Phi) is 5.07. The average Bonchev–Trinajstić information content (AvgIpc) is 2.30. The topological polar surface area (TPSA) is 58.1 Å². The highest BCUT2D eigenvalue weighted by molar-refractivity contribution is 5.91. The van der Waals surface area contributed by atoms with Crippen LogP contribution in [0, 0.1) is 13.8 Å². The molecule has 5 heteroatoms. The summed E-state index contributed by atoms with van der Waals surface area (Å²) in [6, 6.07) is 0. The van der Waals surface area contributed by atoms with Crippen molar-refractivity contribution in [3.63, 3.8) is 0 Å². The molecule has 0 aliphatic carbocycles. The van der Waals surface area contributed by atoms with Crippen LogP contribution < -0.4 is 10.2 Å². The molecule has 1 aromatic rings. The lowest BCUT2D eigenvalue weighted by molar-refractivity contribution is -0.116. The van der Waals surface area contributed by atoms with Gasteiger partial charge in [-0.1, -0.05) is 13.3 Å². The molecule has 0 radical (unpaired) electrons. The Morgan fingerprint density at radius 2 is 1.78 bits per heavy atom. The minimum atomic E-state index is 0.0317. The summed E-state index contributed by atoms with van der Waals surface area (Å²) in [7, 11) is 3.79. The van der Waals surface area contributed by atoms with Gasteiger partial charge < -0.3 is 10.2 Å². The minimum Gasteiger partial charge on any atom is -0.347 e. The van der Waals surface area contributed by atoms with Crippen molar-refractivity contribution in [3.05, 3.63) is 11.4 Å². The lowest BCUT2D eigenvalue weighted by atomic mass is 10.2. The van der Waals surface area contributed by atoms with Crippen LogP contribution in [0.2, 0.25) is 0 Å². The Hall–Kier alpha value is -1.65. The number of hydrogen-bond acceptors (Lipinski definition) is 4. The number of nitrogens with zero attached hydrogens (tertiary/aromatic N) is 3. The number of rotatable bonds is 5. The third kappa shape index (κ3) is 3.68. The maximum atomic E-state index is 11.7. The number of carbonyl (C=O) groups is 1. The molecule has 0 saturated carbocycles. The molecule has 0 aliphatic heterocycles. The van der Waals surface area contributed by atoms with Gasteiger partial charge in [0.05, 0.1) is 17.1 Å². The van der Waals surface area contributed by atoms with Crippen LogP contribution in [0.4, 0.5) is 11.6 Å². The molecule has 1 N–H and O–H groups in total. The molecular weight excluding hydrogens is 228 g/mol. The Labute approximate surface area is 109 Å². The van der Waals surface area contributed by atoms with E-state index in [0.29, 0.717) is 12.4 Å². The number of hydrogen-bond donors (Lipinski definition) is 1. The monoisotopic (exact) mass is 250 g/mol. The van der Waals surface area contributed by atoms with Crippen molar-refractivity contribution in [3.8, 4) is 0 Å². The van der Waals surface area contributed by atoms with Gasteiger partial charge in [0.1, 0.15) is 0 Å². The minimum absolute atomic E-state index is 0.0317. The first-order valence-electron chi connectivity index (χ1n) is 6.28. The number of unbranched alkanes of at least 4 members (excludes halogenated alkanes) is 1. The fourth-order valence-electron chi connectivity index (χ4n) is 1.62. The average molecular weight is 250 g/mol.